The minimum absolute atomic E-state index is 0.241. The molecule has 0 bridgehead atoms. The standard InChI is InChI=1S/C3H2F2N2S/c4-3(5)2-1-6-8-7-2/h1,3H. The Kier molecular flexibility index (Phi) is 1.48. The van der Waals surface area contributed by atoms with E-state index in [0.29, 0.717) is 0 Å². The molecular weight excluding hydrogens is 134 g/mol. The average molecular weight is 136 g/mol. The van der Waals surface area contributed by atoms with Crippen molar-refractivity contribution in [1.82, 2.24) is 8.75 Å². The maximum absolute atomic E-state index is 11.5. The highest BCUT2D eigenvalue weighted by atomic mass is 32.1. The summed E-state index contributed by atoms with van der Waals surface area (Å²) >= 11 is 0.788. The normalized spacial score (nSPS) is 10.4. The minimum Gasteiger partial charge on any atom is -0.203 e. The zero-order valence-corrected chi connectivity index (χ0v) is 4.53. The van der Waals surface area contributed by atoms with Crippen molar-refractivity contribution in [2.75, 3.05) is 0 Å². The topological polar surface area (TPSA) is 25.8 Å². The van der Waals surface area contributed by atoms with Crippen LogP contribution < -0.4 is 0 Å². The third-order valence-corrected chi connectivity index (χ3v) is 1.09. The second-order valence-electron chi connectivity index (χ2n) is 1.13. The summed E-state index contributed by atoms with van der Waals surface area (Å²) in [6.45, 7) is 0. The van der Waals surface area contributed by atoms with Crippen LogP contribution in [-0.4, -0.2) is 8.75 Å². The summed E-state index contributed by atoms with van der Waals surface area (Å²) in [5, 5.41) is 0. The quantitative estimate of drug-likeness (QED) is 0.584. The van der Waals surface area contributed by atoms with Crippen LogP contribution in [-0.2, 0) is 0 Å². The molecule has 0 aliphatic heterocycles. The van der Waals surface area contributed by atoms with E-state index in [1.165, 1.54) is 0 Å². The van der Waals surface area contributed by atoms with Gasteiger partial charge in [-0.05, 0) is 0 Å². The zero-order valence-electron chi connectivity index (χ0n) is 3.71. The van der Waals surface area contributed by atoms with Crippen molar-refractivity contribution in [3.63, 3.8) is 0 Å². The summed E-state index contributed by atoms with van der Waals surface area (Å²) in [6, 6.07) is 0. The smallest absolute Gasteiger partial charge is 0.203 e. The monoisotopic (exact) mass is 136 g/mol. The average Bonchev–Trinajstić information content (AvgIpc) is 2.12. The van der Waals surface area contributed by atoms with Crippen LogP contribution in [0.2, 0.25) is 0 Å². The molecule has 1 heterocycles. The molecular formula is C3H2F2N2S. The molecule has 0 saturated heterocycles. The lowest BCUT2D eigenvalue weighted by Crippen LogP contribution is -1.79. The first-order valence-electron chi connectivity index (χ1n) is 1.86. The summed E-state index contributed by atoms with van der Waals surface area (Å²) in [5.74, 6) is 0. The molecule has 0 amide bonds. The van der Waals surface area contributed by atoms with Gasteiger partial charge in [0.25, 0.3) is 6.43 Å². The molecule has 0 aromatic carbocycles. The van der Waals surface area contributed by atoms with E-state index in [4.69, 9.17) is 0 Å². The largest absolute Gasteiger partial charge is 0.283 e. The fraction of sp³-hybridized carbons (Fsp3) is 0.333. The number of alkyl halides is 2. The van der Waals surface area contributed by atoms with Crippen LogP contribution in [0.15, 0.2) is 6.20 Å². The highest BCUT2D eigenvalue weighted by Crippen LogP contribution is 2.14. The minimum atomic E-state index is -2.48. The van der Waals surface area contributed by atoms with E-state index < -0.39 is 6.43 Å². The van der Waals surface area contributed by atoms with Crippen LogP contribution in [0.5, 0.6) is 0 Å². The van der Waals surface area contributed by atoms with Crippen LogP contribution in [0, 0.1) is 0 Å². The molecule has 8 heavy (non-hydrogen) atoms. The van der Waals surface area contributed by atoms with Gasteiger partial charge in [0.05, 0.1) is 17.9 Å². The third-order valence-electron chi connectivity index (χ3n) is 0.602. The number of hydrogen-bond donors (Lipinski definition) is 0. The van der Waals surface area contributed by atoms with Gasteiger partial charge in [0.15, 0.2) is 0 Å². The molecule has 0 aliphatic carbocycles. The Bertz CT molecular complexity index is 150. The highest BCUT2D eigenvalue weighted by Gasteiger charge is 2.07. The highest BCUT2D eigenvalue weighted by molar-refractivity contribution is 6.99. The second kappa shape index (κ2) is 2.13. The predicted octanol–water partition coefficient (Wildman–Crippen LogP) is 1.48. The molecule has 1 rings (SSSR count). The summed E-state index contributed by atoms with van der Waals surface area (Å²) in [5.41, 5.74) is -0.241. The summed E-state index contributed by atoms with van der Waals surface area (Å²) in [7, 11) is 0. The predicted molar refractivity (Wildman–Crippen MR) is 24.9 cm³/mol. The lowest BCUT2D eigenvalue weighted by molar-refractivity contribution is 0.147. The van der Waals surface area contributed by atoms with Crippen LogP contribution in [0.25, 0.3) is 0 Å². The van der Waals surface area contributed by atoms with E-state index in [2.05, 4.69) is 8.75 Å². The molecule has 1 aromatic rings. The molecule has 0 unspecified atom stereocenters. The van der Waals surface area contributed by atoms with Gasteiger partial charge >= 0.3 is 0 Å². The molecule has 44 valence electrons. The first-order valence-corrected chi connectivity index (χ1v) is 2.59. The molecule has 0 fully saturated rings. The Balaban J connectivity index is 2.77. The first-order chi connectivity index (χ1) is 3.80. The number of aromatic nitrogens is 2. The Morgan fingerprint density at radius 1 is 1.62 bits per heavy atom. The van der Waals surface area contributed by atoms with E-state index in [9.17, 15) is 8.78 Å². The Labute approximate surface area is 48.5 Å². The van der Waals surface area contributed by atoms with Gasteiger partial charge in [-0.15, -0.1) is 0 Å². The first kappa shape index (κ1) is 5.55. The maximum atomic E-state index is 11.5. The van der Waals surface area contributed by atoms with Gasteiger partial charge in [-0.3, -0.25) is 0 Å². The van der Waals surface area contributed by atoms with Crippen molar-refractivity contribution in [3.8, 4) is 0 Å². The Morgan fingerprint density at radius 2 is 2.38 bits per heavy atom. The van der Waals surface area contributed by atoms with E-state index in [0.717, 1.165) is 17.9 Å². The lowest BCUT2D eigenvalue weighted by atomic mass is 10.5. The van der Waals surface area contributed by atoms with E-state index in [1.54, 1.807) is 0 Å². The number of nitrogens with zero attached hydrogens (tertiary/aromatic N) is 2. The van der Waals surface area contributed by atoms with Gasteiger partial charge in [-0.2, -0.15) is 8.75 Å². The molecule has 0 saturated carbocycles. The summed E-state index contributed by atoms with van der Waals surface area (Å²) in [6.07, 6.45) is -1.41. The van der Waals surface area contributed by atoms with Gasteiger partial charge in [0, 0.05) is 0 Å². The summed E-state index contributed by atoms with van der Waals surface area (Å²) in [4.78, 5) is 0. The van der Waals surface area contributed by atoms with Gasteiger partial charge in [-0.25, -0.2) is 8.78 Å². The van der Waals surface area contributed by atoms with Crippen molar-refractivity contribution in [1.29, 1.82) is 0 Å². The molecule has 0 spiro atoms. The zero-order chi connectivity index (χ0) is 5.98. The Hall–Kier alpha value is -0.580. The van der Waals surface area contributed by atoms with E-state index >= 15 is 0 Å². The molecule has 5 heteroatoms. The molecule has 1 aromatic heterocycles. The van der Waals surface area contributed by atoms with Crippen LogP contribution in [0.3, 0.4) is 0 Å². The fourth-order valence-corrected chi connectivity index (χ4v) is 0.691. The lowest BCUT2D eigenvalue weighted by Gasteiger charge is -1.84. The van der Waals surface area contributed by atoms with E-state index in [-0.39, 0.29) is 5.69 Å². The van der Waals surface area contributed by atoms with Crippen molar-refractivity contribution in [3.05, 3.63) is 11.9 Å². The van der Waals surface area contributed by atoms with Gasteiger partial charge in [0.1, 0.15) is 5.69 Å². The SMILES string of the molecule is FC(F)c1cnsn1. The van der Waals surface area contributed by atoms with Gasteiger partial charge in [0.2, 0.25) is 0 Å². The van der Waals surface area contributed by atoms with Crippen molar-refractivity contribution in [2.24, 2.45) is 0 Å². The third kappa shape index (κ3) is 0.975. The van der Waals surface area contributed by atoms with Gasteiger partial charge in [-0.1, -0.05) is 0 Å². The number of halogens is 2. The van der Waals surface area contributed by atoms with Gasteiger partial charge < -0.3 is 0 Å². The summed E-state index contributed by atoms with van der Waals surface area (Å²) < 4.78 is 29.7. The van der Waals surface area contributed by atoms with Crippen molar-refractivity contribution in [2.45, 2.75) is 6.43 Å². The molecule has 0 N–H and O–H groups in total. The molecule has 0 radical (unpaired) electrons. The maximum Gasteiger partial charge on any atom is 0.283 e. The second-order valence-corrected chi connectivity index (χ2v) is 1.69. The van der Waals surface area contributed by atoms with Crippen molar-refractivity contribution < 1.29 is 8.78 Å². The fourth-order valence-electron chi connectivity index (χ4n) is 0.268. The molecule has 0 aliphatic rings. The van der Waals surface area contributed by atoms with Crippen LogP contribution >= 0.6 is 11.7 Å². The Morgan fingerprint density at radius 3 is 2.62 bits per heavy atom. The molecule has 2 nitrogen and oxygen atoms in total. The van der Waals surface area contributed by atoms with Crippen LogP contribution in [0.4, 0.5) is 8.78 Å². The number of hydrogen-bond acceptors (Lipinski definition) is 3. The van der Waals surface area contributed by atoms with Crippen LogP contribution in [0.1, 0.15) is 12.1 Å². The van der Waals surface area contributed by atoms with Crippen molar-refractivity contribution >= 4 is 11.7 Å². The van der Waals surface area contributed by atoms with E-state index in [1.807, 2.05) is 0 Å². The molecule has 0 atom stereocenters. The number of rotatable bonds is 1.